The van der Waals surface area contributed by atoms with E-state index in [0.29, 0.717) is 12.2 Å². The van der Waals surface area contributed by atoms with Gasteiger partial charge in [-0.3, -0.25) is 4.79 Å². The Balaban J connectivity index is 2.02. The van der Waals surface area contributed by atoms with Crippen LogP contribution in [0.4, 0.5) is 5.69 Å². The smallest absolute Gasteiger partial charge is 0.287 e. The van der Waals surface area contributed by atoms with Gasteiger partial charge in [-0.2, -0.15) is 5.10 Å². The quantitative estimate of drug-likeness (QED) is 0.909. The Kier molecular flexibility index (Phi) is 5.26. The lowest BCUT2D eigenvalue weighted by Crippen LogP contribution is -2.26. The molecule has 2 aromatic rings. The number of anilines is 1. The minimum Gasteiger partial charge on any atom is -0.382 e. The molecule has 112 valence electrons. The highest BCUT2D eigenvalue weighted by atomic mass is 35.5. The molecule has 0 saturated heterocycles. The molecular formula is C15H17Cl2N3O. The molecule has 0 amide bonds. The van der Waals surface area contributed by atoms with Crippen LogP contribution in [0, 0.1) is 0 Å². The second-order valence-electron chi connectivity index (χ2n) is 5.02. The number of rotatable bonds is 5. The molecule has 0 spiro atoms. The molecule has 0 aliphatic heterocycles. The molecule has 6 heteroatoms. The van der Waals surface area contributed by atoms with Crippen LogP contribution in [0.15, 0.2) is 35.3 Å². The van der Waals surface area contributed by atoms with Gasteiger partial charge in [-0.1, -0.05) is 35.3 Å². The van der Waals surface area contributed by atoms with Gasteiger partial charge in [-0.05, 0) is 38.0 Å². The van der Waals surface area contributed by atoms with E-state index in [0.717, 1.165) is 17.0 Å². The van der Waals surface area contributed by atoms with E-state index in [9.17, 15) is 4.79 Å². The first-order valence-corrected chi connectivity index (χ1v) is 7.50. The first-order valence-electron chi connectivity index (χ1n) is 6.74. The van der Waals surface area contributed by atoms with Crippen LogP contribution in [0.5, 0.6) is 0 Å². The number of hydrogen-bond acceptors (Lipinski definition) is 3. The summed E-state index contributed by atoms with van der Waals surface area (Å²) in [5, 5.41) is 8.15. The predicted octanol–water partition coefficient (Wildman–Crippen LogP) is 3.79. The predicted molar refractivity (Wildman–Crippen MR) is 87.5 cm³/mol. The Bertz CT molecular complexity index is 666. The van der Waals surface area contributed by atoms with Crippen LogP contribution in [0.2, 0.25) is 10.0 Å². The summed E-state index contributed by atoms with van der Waals surface area (Å²) in [4.78, 5) is 12.0. The average molecular weight is 326 g/mol. The van der Waals surface area contributed by atoms with Gasteiger partial charge in [0.15, 0.2) is 0 Å². The molecule has 2 rings (SSSR count). The number of benzene rings is 1. The third kappa shape index (κ3) is 3.99. The van der Waals surface area contributed by atoms with E-state index < -0.39 is 0 Å². The van der Waals surface area contributed by atoms with Crippen molar-refractivity contribution in [1.82, 2.24) is 9.78 Å². The van der Waals surface area contributed by atoms with Gasteiger partial charge in [0.25, 0.3) is 5.56 Å². The van der Waals surface area contributed by atoms with Crippen molar-refractivity contribution < 1.29 is 0 Å². The first-order chi connectivity index (χ1) is 9.99. The van der Waals surface area contributed by atoms with Crippen LogP contribution in [-0.2, 0) is 6.42 Å². The molecule has 0 bridgehead atoms. The van der Waals surface area contributed by atoms with E-state index in [-0.39, 0.29) is 16.6 Å². The molecule has 0 aliphatic rings. The van der Waals surface area contributed by atoms with Crippen molar-refractivity contribution >= 4 is 28.9 Å². The molecule has 0 atom stereocenters. The number of nitrogens with one attached hydrogen (secondary N) is 1. The third-order valence-corrected chi connectivity index (χ3v) is 3.69. The van der Waals surface area contributed by atoms with Gasteiger partial charge >= 0.3 is 0 Å². The Morgan fingerprint density at radius 3 is 2.52 bits per heavy atom. The molecule has 1 heterocycles. The van der Waals surface area contributed by atoms with Gasteiger partial charge in [-0.25, -0.2) is 4.68 Å². The van der Waals surface area contributed by atoms with Gasteiger partial charge in [0.05, 0.1) is 17.9 Å². The van der Waals surface area contributed by atoms with Crippen molar-refractivity contribution in [3.05, 3.63) is 56.4 Å². The molecule has 0 radical (unpaired) electrons. The molecule has 0 fully saturated rings. The molecule has 0 saturated carbocycles. The summed E-state index contributed by atoms with van der Waals surface area (Å²) in [6.45, 7) is 4.44. The number of hydrogen-bond donors (Lipinski definition) is 1. The molecular weight excluding hydrogens is 309 g/mol. The number of halogens is 2. The van der Waals surface area contributed by atoms with Crippen molar-refractivity contribution in [3.8, 4) is 0 Å². The monoisotopic (exact) mass is 325 g/mol. The molecule has 1 N–H and O–H groups in total. The summed E-state index contributed by atoms with van der Waals surface area (Å²) >= 11 is 11.9. The van der Waals surface area contributed by atoms with E-state index in [2.05, 4.69) is 10.4 Å². The fourth-order valence-corrected chi connectivity index (χ4v) is 2.26. The summed E-state index contributed by atoms with van der Waals surface area (Å²) in [7, 11) is 0. The fraction of sp³-hybridized carbons (Fsp3) is 0.333. The highest BCUT2D eigenvalue weighted by molar-refractivity contribution is 6.32. The normalized spacial score (nSPS) is 10.9. The summed E-state index contributed by atoms with van der Waals surface area (Å²) in [5.41, 5.74) is 1.45. The van der Waals surface area contributed by atoms with Gasteiger partial charge in [0.2, 0.25) is 0 Å². The lowest BCUT2D eigenvalue weighted by Gasteiger charge is -2.12. The lowest BCUT2D eigenvalue weighted by atomic mass is 10.1. The Morgan fingerprint density at radius 1 is 1.24 bits per heavy atom. The van der Waals surface area contributed by atoms with E-state index in [4.69, 9.17) is 23.2 Å². The Hall–Kier alpha value is -1.52. The molecule has 4 nitrogen and oxygen atoms in total. The average Bonchev–Trinajstić information content (AvgIpc) is 2.45. The summed E-state index contributed by atoms with van der Waals surface area (Å²) in [6.07, 6.45) is 2.40. The van der Waals surface area contributed by atoms with Crippen LogP contribution in [0.3, 0.4) is 0 Å². The largest absolute Gasteiger partial charge is 0.382 e. The Morgan fingerprint density at radius 2 is 1.90 bits per heavy atom. The Labute approximate surface area is 133 Å². The molecule has 21 heavy (non-hydrogen) atoms. The van der Waals surface area contributed by atoms with E-state index in [1.54, 1.807) is 6.20 Å². The van der Waals surface area contributed by atoms with Crippen molar-refractivity contribution in [2.45, 2.75) is 26.3 Å². The van der Waals surface area contributed by atoms with Crippen LogP contribution >= 0.6 is 23.2 Å². The van der Waals surface area contributed by atoms with Crippen LogP contribution in [0.1, 0.15) is 25.5 Å². The van der Waals surface area contributed by atoms with Gasteiger partial charge in [0.1, 0.15) is 5.02 Å². The van der Waals surface area contributed by atoms with Crippen molar-refractivity contribution in [2.75, 3.05) is 11.9 Å². The number of nitrogens with zero attached hydrogens (tertiary/aromatic N) is 2. The molecule has 1 aromatic heterocycles. The topological polar surface area (TPSA) is 46.9 Å². The zero-order chi connectivity index (χ0) is 15.4. The van der Waals surface area contributed by atoms with E-state index >= 15 is 0 Å². The summed E-state index contributed by atoms with van der Waals surface area (Å²) in [6, 6.07) is 7.64. The SMILES string of the molecule is CC(C)n1ncc(NCCc2ccc(Cl)cc2)c(Cl)c1=O. The molecule has 0 aliphatic carbocycles. The highest BCUT2D eigenvalue weighted by Gasteiger charge is 2.10. The van der Waals surface area contributed by atoms with E-state index in [1.165, 1.54) is 4.68 Å². The van der Waals surface area contributed by atoms with Crippen LogP contribution in [0.25, 0.3) is 0 Å². The highest BCUT2D eigenvalue weighted by Crippen LogP contribution is 2.16. The molecule has 1 aromatic carbocycles. The summed E-state index contributed by atoms with van der Waals surface area (Å²) < 4.78 is 1.37. The van der Waals surface area contributed by atoms with Crippen molar-refractivity contribution in [3.63, 3.8) is 0 Å². The summed E-state index contributed by atoms with van der Waals surface area (Å²) in [5.74, 6) is 0. The second kappa shape index (κ2) is 6.96. The zero-order valence-electron chi connectivity index (χ0n) is 11.9. The fourth-order valence-electron chi connectivity index (χ4n) is 1.93. The van der Waals surface area contributed by atoms with E-state index in [1.807, 2.05) is 38.1 Å². The third-order valence-electron chi connectivity index (χ3n) is 3.08. The van der Waals surface area contributed by atoms with Crippen molar-refractivity contribution in [1.29, 1.82) is 0 Å². The van der Waals surface area contributed by atoms with Crippen molar-refractivity contribution in [2.24, 2.45) is 0 Å². The van der Waals surface area contributed by atoms with Gasteiger partial charge in [0, 0.05) is 11.6 Å². The standard InChI is InChI=1S/C15H17Cl2N3O/c1-10(2)20-15(21)14(17)13(9-19-20)18-8-7-11-3-5-12(16)6-4-11/h3-6,9-10,18H,7-8H2,1-2H3. The maximum absolute atomic E-state index is 12.0. The molecule has 0 unspecified atom stereocenters. The maximum atomic E-state index is 12.0. The van der Waals surface area contributed by atoms with Crippen LogP contribution < -0.4 is 10.9 Å². The van der Waals surface area contributed by atoms with Gasteiger partial charge in [-0.15, -0.1) is 0 Å². The first kappa shape index (κ1) is 15.9. The minimum absolute atomic E-state index is 0.0156. The second-order valence-corrected chi connectivity index (χ2v) is 5.83. The number of aromatic nitrogens is 2. The van der Waals surface area contributed by atoms with Crippen LogP contribution in [-0.4, -0.2) is 16.3 Å². The lowest BCUT2D eigenvalue weighted by molar-refractivity contribution is 0.503. The minimum atomic E-state index is -0.275. The zero-order valence-corrected chi connectivity index (χ0v) is 13.4. The van der Waals surface area contributed by atoms with Gasteiger partial charge < -0.3 is 5.32 Å². The maximum Gasteiger partial charge on any atom is 0.287 e.